The van der Waals surface area contributed by atoms with E-state index >= 15 is 0 Å². The summed E-state index contributed by atoms with van der Waals surface area (Å²) in [6, 6.07) is 5.76. The van der Waals surface area contributed by atoms with Crippen molar-refractivity contribution in [3.8, 4) is 0 Å². The molecule has 1 rings (SSSR count). The van der Waals surface area contributed by atoms with Gasteiger partial charge in [-0.05, 0) is 37.8 Å². The van der Waals surface area contributed by atoms with Crippen LogP contribution in [-0.2, 0) is 12.6 Å². The van der Waals surface area contributed by atoms with Gasteiger partial charge in [-0.25, -0.2) is 0 Å². The fourth-order valence-corrected chi connectivity index (χ4v) is 1.81. The number of aryl methyl sites for hydroxylation is 1. The zero-order valence-electron chi connectivity index (χ0n) is 11.2. The molecule has 0 amide bonds. The van der Waals surface area contributed by atoms with Crippen LogP contribution in [0.5, 0.6) is 0 Å². The molecule has 0 spiro atoms. The SMILES string of the molecule is [CH2]C=CC=CC=CCCCc1ccccc1C(F)(F)F. The lowest BCUT2D eigenvalue weighted by molar-refractivity contribution is -0.138. The van der Waals surface area contributed by atoms with Crippen molar-refractivity contribution in [2.45, 2.75) is 25.4 Å². The minimum atomic E-state index is -4.27. The standard InChI is InChI=1S/C17H18F3/c1-2-3-4-5-6-7-8-9-12-15-13-10-11-14-16(15)17(18,19)20/h2-7,10-11,13-14H,1,8-9,12H2. The van der Waals surface area contributed by atoms with Crippen molar-refractivity contribution in [1.82, 2.24) is 0 Å². The maximum Gasteiger partial charge on any atom is 0.416 e. The molecule has 0 N–H and O–H groups in total. The second kappa shape index (κ2) is 8.41. The van der Waals surface area contributed by atoms with Crippen LogP contribution < -0.4 is 0 Å². The molecule has 20 heavy (non-hydrogen) atoms. The van der Waals surface area contributed by atoms with E-state index < -0.39 is 11.7 Å². The van der Waals surface area contributed by atoms with Gasteiger partial charge in [0.2, 0.25) is 0 Å². The molecular formula is C17H18F3. The minimum absolute atomic E-state index is 0.365. The van der Waals surface area contributed by atoms with E-state index in [0.29, 0.717) is 18.4 Å². The Balaban J connectivity index is 2.47. The fourth-order valence-electron chi connectivity index (χ4n) is 1.81. The summed E-state index contributed by atoms with van der Waals surface area (Å²) in [4.78, 5) is 0. The molecule has 0 saturated carbocycles. The summed E-state index contributed by atoms with van der Waals surface area (Å²) in [6.07, 6.45) is 8.65. The zero-order chi connectivity index (χ0) is 14.8. The van der Waals surface area contributed by atoms with Gasteiger partial charge in [0.05, 0.1) is 5.56 Å². The van der Waals surface area contributed by atoms with Crippen LogP contribution in [0.25, 0.3) is 0 Å². The minimum Gasteiger partial charge on any atom is -0.166 e. The van der Waals surface area contributed by atoms with E-state index in [-0.39, 0.29) is 0 Å². The van der Waals surface area contributed by atoms with Crippen molar-refractivity contribution in [3.63, 3.8) is 0 Å². The fraction of sp³-hybridized carbons (Fsp3) is 0.235. The molecule has 0 aromatic heterocycles. The average molecular weight is 279 g/mol. The zero-order valence-corrected chi connectivity index (χ0v) is 11.2. The Morgan fingerprint density at radius 1 is 1.00 bits per heavy atom. The van der Waals surface area contributed by atoms with Crippen molar-refractivity contribution in [2.75, 3.05) is 0 Å². The first-order valence-electron chi connectivity index (χ1n) is 6.48. The first kappa shape index (κ1) is 16.3. The van der Waals surface area contributed by atoms with Crippen LogP contribution in [-0.4, -0.2) is 0 Å². The highest BCUT2D eigenvalue weighted by molar-refractivity contribution is 5.29. The largest absolute Gasteiger partial charge is 0.416 e. The highest BCUT2D eigenvalue weighted by Gasteiger charge is 2.32. The summed E-state index contributed by atoms with van der Waals surface area (Å²) >= 11 is 0. The number of benzene rings is 1. The van der Waals surface area contributed by atoms with Crippen LogP contribution >= 0.6 is 0 Å². The third-order valence-electron chi connectivity index (χ3n) is 2.75. The topological polar surface area (TPSA) is 0 Å². The molecule has 1 radical (unpaired) electrons. The quantitative estimate of drug-likeness (QED) is 0.474. The summed E-state index contributed by atoms with van der Waals surface area (Å²) in [5, 5.41) is 0. The van der Waals surface area contributed by atoms with Crippen LogP contribution in [0.2, 0.25) is 0 Å². The molecule has 0 saturated heterocycles. The number of rotatable bonds is 6. The summed E-state index contributed by atoms with van der Waals surface area (Å²) in [6.45, 7) is 3.55. The van der Waals surface area contributed by atoms with Gasteiger partial charge < -0.3 is 0 Å². The van der Waals surface area contributed by atoms with Gasteiger partial charge in [-0.3, -0.25) is 0 Å². The Morgan fingerprint density at radius 2 is 1.70 bits per heavy atom. The molecule has 0 aliphatic heterocycles. The van der Waals surface area contributed by atoms with Crippen molar-refractivity contribution in [1.29, 1.82) is 0 Å². The molecule has 0 fully saturated rings. The molecule has 0 unspecified atom stereocenters. The molecule has 107 valence electrons. The number of alkyl halides is 3. The number of hydrogen-bond donors (Lipinski definition) is 0. The Labute approximate surface area is 118 Å². The summed E-state index contributed by atoms with van der Waals surface area (Å²) in [5.41, 5.74) is -0.159. The van der Waals surface area contributed by atoms with E-state index in [1.165, 1.54) is 6.07 Å². The van der Waals surface area contributed by atoms with Gasteiger partial charge >= 0.3 is 6.18 Å². The van der Waals surface area contributed by atoms with E-state index in [1.54, 1.807) is 18.2 Å². The van der Waals surface area contributed by atoms with Gasteiger partial charge in [0.25, 0.3) is 0 Å². The molecular weight excluding hydrogens is 261 g/mol. The van der Waals surface area contributed by atoms with Crippen molar-refractivity contribution >= 4 is 0 Å². The van der Waals surface area contributed by atoms with E-state index in [0.717, 1.165) is 12.5 Å². The van der Waals surface area contributed by atoms with Crippen LogP contribution in [0, 0.1) is 6.92 Å². The van der Waals surface area contributed by atoms with Crippen LogP contribution in [0.4, 0.5) is 13.2 Å². The van der Waals surface area contributed by atoms with Gasteiger partial charge in [0, 0.05) is 0 Å². The number of allylic oxidation sites excluding steroid dienone is 6. The monoisotopic (exact) mass is 279 g/mol. The molecule has 0 aliphatic carbocycles. The highest BCUT2D eigenvalue weighted by Crippen LogP contribution is 2.32. The van der Waals surface area contributed by atoms with Crippen LogP contribution in [0.1, 0.15) is 24.0 Å². The summed E-state index contributed by atoms with van der Waals surface area (Å²) in [5.74, 6) is 0. The van der Waals surface area contributed by atoms with Gasteiger partial charge in [-0.1, -0.05) is 54.7 Å². The lowest BCUT2D eigenvalue weighted by Crippen LogP contribution is -2.08. The molecule has 1 aromatic rings. The maximum atomic E-state index is 12.8. The summed E-state index contributed by atoms with van der Waals surface area (Å²) < 4.78 is 38.3. The van der Waals surface area contributed by atoms with Gasteiger partial charge in [-0.2, -0.15) is 13.2 Å². The maximum absolute atomic E-state index is 12.8. The number of unbranched alkanes of at least 4 members (excludes halogenated alkanes) is 1. The molecule has 0 nitrogen and oxygen atoms in total. The number of halogens is 3. The van der Waals surface area contributed by atoms with E-state index in [2.05, 4.69) is 6.92 Å². The van der Waals surface area contributed by atoms with Gasteiger partial charge in [-0.15, -0.1) is 0 Å². The predicted octanol–water partition coefficient (Wildman–Crippen LogP) is 5.53. The Hall–Kier alpha value is -1.77. The second-order valence-corrected chi connectivity index (χ2v) is 4.29. The lowest BCUT2D eigenvalue weighted by atomic mass is 10.0. The average Bonchev–Trinajstić information content (AvgIpc) is 2.41. The Morgan fingerprint density at radius 3 is 2.40 bits per heavy atom. The van der Waals surface area contributed by atoms with Crippen LogP contribution in [0.15, 0.2) is 60.7 Å². The highest BCUT2D eigenvalue weighted by atomic mass is 19.4. The number of hydrogen-bond acceptors (Lipinski definition) is 0. The van der Waals surface area contributed by atoms with Crippen molar-refractivity contribution in [3.05, 3.63) is 78.8 Å². The van der Waals surface area contributed by atoms with E-state index in [1.807, 2.05) is 30.4 Å². The first-order chi connectivity index (χ1) is 9.55. The summed E-state index contributed by atoms with van der Waals surface area (Å²) in [7, 11) is 0. The molecule has 0 aliphatic rings. The molecule has 1 aromatic carbocycles. The third kappa shape index (κ3) is 5.91. The first-order valence-corrected chi connectivity index (χ1v) is 6.48. The molecule has 3 heteroatoms. The molecule has 0 atom stereocenters. The predicted molar refractivity (Wildman–Crippen MR) is 77.2 cm³/mol. The Bertz CT molecular complexity index is 479. The lowest BCUT2D eigenvalue weighted by Gasteiger charge is -2.11. The Kier molecular flexibility index (Phi) is 6.85. The van der Waals surface area contributed by atoms with Gasteiger partial charge in [0.15, 0.2) is 0 Å². The third-order valence-corrected chi connectivity index (χ3v) is 2.75. The normalized spacial score (nSPS) is 13.0. The van der Waals surface area contributed by atoms with Crippen LogP contribution in [0.3, 0.4) is 0 Å². The molecule has 0 heterocycles. The second-order valence-electron chi connectivity index (χ2n) is 4.29. The van der Waals surface area contributed by atoms with Crippen molar-refractivity contribution < 1.29 is 13.2 Å². The smallest absolute Gasteiger partial charge is 0.166 e. The molecule has 0 bridgehead atoms. The van der Waals surface area contributed by atoms with E-state index in [9.17, 15) is 13.2 Å². The van der Waals surface area contributed by atoms with Crippen molar-refractivity contribution in [2.24, 2.45) is 0 Å². The van der Waals surface area contributed by atoms with E-state index in [4.69, 9.17) is 0 Å². The van der Waals surface area contributed by atoms with Gasteiger partial charge in [0.1, 0.15) is 0 Å².